The van der Waals surface area contributed by atoms with E-state index in [4.69, 9.17) is 13.9 Å². The molecule has 1 unspecified atom stereocenters. The topological polar surface area (TPSA) is 69.0 Å². The van der Waals surface area contributed by atoms with Gasteiger partial charge in [0.1, 0.15) is 23.7 Å². The summed E-state index contributed by atoms with van der Waals surface area (Å²) in [5.41, 5.74) is 3.86. The smallest absolute Gasteiger partial charge is 0.295 e. The summed E-state index contributed by atoms with van der Waals surface area (Å²) in [4.78, 5) is 29.3. The molecule has 0 N–H and O–H groups in total. The molecule has 1 aliphatic heterocycles. The number of amides is 1. The van der Waals surface area contributed by atoms with E-state index < -0.39 is 6.04 Å². The molecule has 0 saturated heterocycles. The molecule has 0 aliphatic carbocycles. The van der Waals surface area contributed by atoms with Crippen LogP contribution in [0.4, 0.5) is 5.69 Å². The molecule has 0 fully saturated rings. The predicted octanol–water partition coefficient (Wildman–Crippen LogP) is 6.44. The van der Waals surface area contributed by atoms with Crippen LogP contribution in [0.3, 0.4) is 0 Å². The van der Waals surface area contributed by atoms with Gasteiger partial charge in [-0.3, -0.25) is 14.5 Å². The minimum atomic E-state index is -0.688. The lowest BCUT2D eigenvalue weighted by atomic mass is 9.97. The molecule has 5 aromatic rings. The number of methoxy groups -OCH3 is 1. The van der Waals surface area contributed by atoms with Crippen LogP contribution in [0.1, 0.15) is 38.9 Å². The first-order valence-corrected chi connectivity index (χ1v) is 12.3. The molecule has 0 saturated carbocycles. The van der Waals surface area contributed by atoms with Crippen molar-refractivity contribution in [1.82, 2.24) is 0 Å². The Hall–Kier alpha value is -4.84. The molecule has 188 valence electrons. The highest BCUT2D eigenvalue weighted by Crippen LogP contribution is 2.42. The lowest BCUT2D eigenvalue weighted by Gasteiger charge is -2.25. The first-order valence-electron chi connectivity index (χ1n) is 12.3. The van der Waals surface area contributed by atoms with Crippen LogP contribution in [-0.2, 0) is 6.61 Å². The number of ether oxygens (including phenoxy) is 2. The lowest BCUT2D eigenvalue weighted by Crippen LogP contribution is -2.29. The Morgan fingerprint density at radius 3 is 2.39 bits per heavy atom. The third-order valence-electron chi connectivity index (χ3n) is 6.80. The Morgan fingerprint density at radius 1 is 0.842 bits per heavy atom. The second-order valence-electron chi connectivity index (χ2n) is 9.30. The van der Waals surface area contributed by atoms with Crippen molar-refractivity contribution < 1.29 is 18.7 Å². The molecule has 1 amide bonds. The van der Waals surface area contributed by atoms with Crippen molar-refractivity contribution in [2.45, 2.75) is 19.6 Å². The van der Waals surface area contributed by atoms with Crippen LogP contribution in [0.5, 0.6) is 11.5 Å². The molecule has 2 heterocycles. The summed E-state index contributed by atoms with van der Waals surface area (Å²) in [6.07, 6.45) is 0. The van der Waals surface area contributed by atoms with Crippen molar-refractivity contribution in [3.05, 3.63) is 135 Å². The molecule has 1 aromatic heterocycles. The molecule has 6 rings (SSSR count). The second-order valence-corrected chi connectivity index (χ2v) is 9.30. The molecule has 6 heteroatoms. The van der Waals surface area contributed by atoms with E-state index in [0.717, 1.165) is 16.7 Å². The maximum absolute atomic E-state index is 13.9. The lowest BCUT2D eigenvalue weighted by molar-refractivity contribution is 0.0971. The van der Waals surface area contributed by atoms with Crippen LogP contribution < -0.4 is 19.8 Å². The van der Waals surface area contributed by atoms with Crippen LogP contribution in [0.15, 0.2) is 106 Å². The van der Waals surface area contributed by atoms with Gasteiger partial charge in [0.2, 0.25) is 5.76 Å². The van der Waals surface area contributed by atoms with Gasteiger partial charge in [0.25, 0.3) is 5.91 Å². The van der Waals surface area contributed by atoms with Crippen LogP contribution in [0.2, 0.25) is 0 Å². The summed E-state index contributed by atoms with van der Waals surface area (Å²) in [7, 11) is 1.59. The quantitative estimate of drug-likeness (QED) is 0.267. The van der Waals surface area contributed by atoms with E-state index >= 15 is 0 Å². The number of hydrogen-bond donors (Lipinski definition) is 0. The molecule has 0 bridgehead atoms. The Balaban J connectivity index is 1.49. The minimum absolute atomic E-state index is 0.0581. The average molecular weight is 504 g/mol. The summed E-state index contributed by atoms with van der Waals surface area (Å²) in [6, 6.07) is 29.3. The summed E-state index contributed by atoms with van der Waals surface area (Å²) in [5, 5.41) is 0.453. The highest BCUT2D eigenvalue weighted by atomic mass is 16.5. The summed E-state index contributed by atoms with van der Waals surface area (Å²) < 4.78 is 17.5. The first kappa shape index (κ1) is 23.6. The zero-order valence-electron chi connectivity index (χ0n) is 21.0. The number of fused-ring (bicyclic) bond motifs is 2. The molecular formula is C32H25NO5. The number of carbonyl (C=O) groups is 1. The number of rotatable bonds is 6. The second kappa shape index (κ2) is 9.56. The molecule has 6 nitrogen and oxygen atoms in total. The number of nitrogens with zero attached hydrogens (tertiary/aromatic N) is 1. The van der Waals surface area contributed by atoms with Gasteiger partial charge in [-0.2, -0.15) is 0 Å². The zero-order valence-corrected chi connectivity index (χ0v) is 21.0. The van der Waals surface area contributed by atoms with E-state index in [1.807, 2.05) is 67.6 Å². The number of carbonyl (C=O) groups excluding carboxylic acids is 1. The molecular weight excluding hydrogens is 478 g/mol. The van der Waals surface area contributed by atoms with Crippen molar-refractivity contribution in [2.24, 2.45) is 0 Å². The fourth-order valence-electron chi connectivity index (χ4n) is 4.93. The highest BCUT2D eigenvalue weighted by Gasteiger charge is 2.43. The van der Waals surface area contributed by atoms with Crippen molar-refractivity contribution in [1.29, 1.82) is 0 Å². The molecule has 1 aliphatic rings. The van der Waals surface area contributed by atoms with E-state index in [-0.39, 0.29) is 17.1 Å². The monoisotopic (exact) mass is 503 g/mol. The Kier molecular flexibility index (Phi) is 5.92. The number of benzene rings is 4. The van der Waals surface area contributed by atoms with Crippen molar-refractivity contribution in [3.63, 3.8) is 0 Å². The van der Waals surface area contributed by atoms with Gasteiger partial charge in [0, 0.05) is 5.69 Å². The Bertz CT molecular complexity index is 1710. The van der Waals surface area contributed by atoms with E-state index in [2.05, 4.69) is 0 Å². The van der Waals surface area contributed by atoms with Crippen molar-refractivity contribution >= 4 is 22.6 Å². The van der Waals surface area contributed by atoms with Crippen LogP contribution in [-0.4, -0.2) is 13.0 Å². The number of aryl methyl sites for hydroxylation is 1. The minimum Gasteiger partial charge on any atom is -0.497 e. The first-order chi connectivity index (χ1) is 18.5. The molecule has 0 spiro atoms. The van der Waals surface area contributed by atoms with Gasteiger partial charge in [0.05, 0.1) is 24.1 Å². The molecule has 4 aromatic carbocycles. The van der Waals surface area contributed by atoms with E-state index in [1.165, 1.54) is 0 Å². The largest absolute Gasteiger partial charge is 0.497 e. The van der Waals surface area contributed by atoms with Crippen molar-refractivity contribution in [3.8, 4) is 11.5 Å². The summed E-state index contributed by atoms with van der Waals surface area (Å²) in [6.45, 7) is 2.32. The maximum atomic E-state index is 13.9. The van der Waals surface area contributed by atoms with Gasteiger partial charge in [-0.25, -0.2) is 0 Å². The third kappa shape index (κ3) is 4.10. The summed E-state index contributed by atoms with van der Waals surface area (Å²) in [5.74, 6) is 0.997. The van der Waals surface area contributed by atoms with Crippen LogP contribution in [0.25, 0.3) is 11.0 Å². The van der Waals surface area contributed by atoms with E-state index in [1.54, 1.807) is 48.4 Å². The Morgan fingerprint density at radius 2 is 1.63 bits per heavy atom. The van der Waals surface area contributed by atoms with Gasteiger partial charge in [-0.05, 0) is 66.6 Å². The standard InChI is InChI=1S/C32H25NO5/c1-20-11-16-27-26(17-20)30(34)28-29(22-9-6-10-25(18-22)37-19-21-7-4-3-5-8-21)33(32(35)31(28)38-27)23-12-14-24(36-2)15-13-23/h3-18,29H,19H2,1-2H3. The van der Waals surface area contributed by atoms with E-state index in [0.29, 0.717) is 40.3 Å². The van der Waals surface area contributed by atoms with Gasteiger partial charge in [0.15, 0.2) is 5.43 Å². The molecule has 38 heavy (non-hydrogen) atoms. The van der Waals surface area contributed by atoms with Crippen LogP contribution in [0, 0.1) is 6.92 Å². The van der Waals surface area contributed by atoms with Gasteiger partial charge < -0.3 is 13.9 Å². The maximum Gasteiger partial charge on any atom is 0.295 e. The number of hydrogen-bond acceptors (Lipinski definition) is 5. The molecule has 1 atom stereocenters. The van der Waals surface area contributed by atoms with Gasteiger partial charge in [-0.1, -0.05) is 54.1 Å². The third-order valence-corrected chi connectivity index (χ3v) is 6.80. The Labute approximate surface area is 219 Å². The average Bonchev–Trinajstić information content (AvgIpc) is 3.25. The van der Waals surface area contributed by atoms with Crippen LogP contribution >= 0.6 is 0 Å². The highest BCUT2D eigenvalue weighted by molar-refractivity contribution is 6.10. The fraction of sp³-hybridized carbons (Fsp3) is 0.125. The van der Waals surface area contributed by atoms with Gasteiger partial charge in [-0.15, -0.1) is 0 Å². The van der Waals surface area contributed by atoms with E-state index in [9.17, 15) is 9.59 Å². The predicted molar refractivity (Wildman–Crippen MR) is 146 cm³/mol. The van der Waals surface area contributed by atoms with Crippen molar-refractivity contribution in [2.75, 3.05) is 12.0 Å². The molecule has 0 radical (unpaired) electrons. The SMILES string of the molecule is COc1ccc(N2C(=O)c3oc4ccc(C)cc4c(=O)c3C2c2cccc(OCc3ccccc3)c2)cc1. The number of anilines is 1. The summed E-state index contributed by atoms with van der Waals surface area (Å²) >= 11 is 0. The van der Waals surface area contributed by atoms with Gasteiger partial charge >= 0.3 is 0 Å². The zero-order chi connectivity index (χ0) is 26.2. The fourth-order valence-corrected chi connectivity index (χ4v) is 4.93. The normalized spacial score (nSPS) is 14.5.